The molecule has 0 spiro atoms. The number of esters is 2. The zero-order chi connectivity index (χ0) is 46.9. The highest BCUT2D eigenvalue weighted by atomic mass is 16.6. The predicted molar refractivity (Wildman–Crippen MR) is 284 cm³/mol. The van der Waals surface area contributed by atoms with Crippen LogP contribution in [-0.4, -0.2) is 11.9 Å². The van der Waals surface area contributed by atoms with Crippen LogP contribution >= 0.6 is 0 Å². The Kier molecular flexibility index (Phi) is 18.4. The minimum atomic E-state index is -0.490. The summed E-state index contributed by atoms with van der Waals surface area (Å²) in [5, 5.41) is 3.87. The zero-order valence-corrected chi connectivity index (χ0v) is 41.5. The lowest BCUT2D eigenvalue weighted by molar-refractivity contribution is 0.0683. The average Bonchev–Trinajstić information content (AvgIpc) is 3.38. The van der Waals surface area contributed by atoms with Crippen molar-refractivity contribution in [3.63, 3.8) is 0 Å². The van der Waals surface area contributed by atoms with E-state index in [1.165, 1.54) is 140 Å². The van der Waals surface area contributed by atoms with Gasteiger partial charge in [0.2, 0.25) is 0 Å². The molecule has 2 aliphatic rings. The fourth-order valence-electron chi connectivity index (χ4n) is 11.6. The second-order valence-corrected chi connectivity index (χ2v) is 20.8. The Balaban J connectivity index is 0.932. The van der Waals surface area contributed by atoms with E-state index < -0.39 is 11.9 Å². The summed E-state index contributed by atoms with van der Waals surface area (Å²) in [6, 6.07) is 40.0. The number of benzene rings is 6. The molecular weight excluding hydrogens is 833 g/mol. The molecule has 2 fully saturated rings. The van der Waals surface area contributed by atoms with E-state index in [9.17, 15) is 9.59 Å². The summed E-state index contributed by atoms with van der Waals surface area (Å²) in [5.41, 5.74) is 5.00. The van der Waals surface area contributed by atoms with Crippen molar-refractivity contribution in [1.29, 1.82) is 0 Å². The van der Waals surface area contributed by atoms with Gasteiger partial charge >= 0.3 is 11.9 Å². The first kappa shape index (κ1) is 49.2. The summed E-state index contributed by atoms with van der Waals surface area (Å²) in [4.78, 5) is 28.4. The van der Waals surface area contributed by atoms with Crippen LogP contribution in [0.25, 0.3) is 32.7 Å². The van der Waals surface area contributed by atoms with Gasteiger partial charge in [0, 0.05) is 5.56 Å². The fraction of sp³-hybridized carbons (Fsp3) is 0.469. The topological polar surface area (TPSA) is 52.6 Å². The maximum atomic E-state index is 14.3. The molecule has 0 bridgehead atoms. The maximum absolute atomic E-state index is 14.3. The van der Waals surface area contributed by atoms with E-state index in [1.54, 1.807) is 0 Å². The van der Waals surface area contributed by atoms with Gasteiger partial charge in [0.15, 0.2) is 11.5 Å². The average molecular weight is 911 g/mol. The Bertz CT molecular complexity index is 2500. The Morgan fingerprint density at radius 1 is 0.441 bits per heavy atom. The second kappa shape index (κ2) is 25.4. The normalized spacial score (nSPS) is 18.4. The molecule has 0 radical (unpaired) electrons. The molecule has 4 heteroatoms. The largest absolute Gasteiger partial charge is 0.419 e. The zero-order valence-electron chi connectivity index (χ0n) is 41.5. The molecule has 0 aromatic heterocycles. The van der Waals surface area contributed by atoms with E-state index in [4.69, 9.17) is 9.47 Å². The molecule has 0 atom stereocenters. The molecule has 0 saturated heterocycles. The highest BCUT2D eigenvalue weighted by Gasteiger charge is 2.26. The monoisotopic (exact) mass is 911 g/mol. The lowest BCUT2D eigenvalue weighted by Gasteiger charge is -2.28. The first-order chi connectivity index (χ1) is 33.4. The highest BCUT2D eigenvalue weighted by molar-refractivity contribution is 6.10. The van der Waals surface area contributed by atoms with Gasteiger partial charge in [-0.2, -0.15) is 0 Å². The van der Waals surface area contributed by atoms with Crippen molar-refractivity contribution in [2.75, 3.05) is 0 Å². The van der Waals surface area contributed by atoms with Gasteiger partial charge < -0.3 is 9.47 Å². The number of aryl methyl sites for hydroxylation is 2. The molecule has 2 saturated carbocycles. The number of ether oxygens (including phenoxy) is 2. The Morgan fingerprint density at radius 3 is 1.37 bits per heavy atom. The molecular formula is C64H78O4. The molecule has 0 unspecified atom stereocenters. The predicted octanol–water partition coefficient (Wildman–Crippen LogP) is 18.3. The SMILES string of the molecule is CCCCCC1CCC(CCCCc2ccc(C(=O)Oc3cc4ccccc4c(-c4cccc5ccccc45)c3OC(=O)c3ccc(CCCCC4CCC(CCCCC)CC4)cc3)cc2)CC1. The van der Waals surface area contributed by atoms with E-state index >= 15 is 0 Å². The Morgan fingerprint density at radius 2 is 0.868 bits per heavy atom. The quantitative estimate of drug-likeness (QED) is 0.0365. The number of unbranched alkanes of at least 4 members (excludes halogenated alkanes) is 6. The summed E-state index contributed by atoms with van der Waals surface area (Å²) in [6.45, 7) is 4.60. The van der Waals surface area contributed by atoms with Crippen molar-refractivity contribution in [2.24, 2.45) is 23.7 Å². The van der Waals surface area contributed by atoms with E-state index in [1.807, 2.05) is 72.8 Å². The van der Waals surface area contributed by atoms with Crippen LogP contribution in [0.1, 0.15) is 187 Å². The van der Waals surface area contributed by atoms with Gasteiger partial charge in [0.05, 0.1) is 11.1 Å². The number of carbonyl (C=O) groups is 2. The van der Waals surface area contributed by atoms with Crippen LogP contribution in [0.5, 0.6) is 11.5 Å². The molecule has 358 valence electrons. The third kappa shape index (κ3) is 13.5. The number of hydrogen-bond donors (Lipinski definition) is 0. The van der Waals surface area contributed by atoms with Crippen molar-refractivity contribution in [3.8, 4) is 22.6 Å². The molecule has 2 aliphatic carbocycles. The summed E-state index contributed by atoms with van der Waals surface area (Å²) in [5.74, 6) is 3.17. The summed E-state index contributed by atoms with van der Waals surface area (Å²) in [7, 11) is 0. The van der Waals surface area contributed by atoms with Gasteiger partial charge in [-0.25, -0.2) is 9.59 Å². The summed E-state index contributed by atoms with van der Waals surface area (Å²) < 4.78 is 12.8. The number of rotatable bonds is 23. The highest BCUT2D eigenvalue weighted by Crippen LogP contribution is 2.47. The Hall–Kier alpha value is -5.22. The van der Waals surface area contributed by atoms with Gasteiger partial charge in [-0.15, -0.1) is 0 Å². The molecule has 68 heavy (non-hydrogen) atoms. The summed E-state index contributed by atoms with van der Waals surface area (Å²) >= 11 is 0. The van der Waals surface area contributed by atoms with Crippen LogP contribution in [0.15, 0.2) is 121 Å². The van der Waals surface area contributed by atoms with Crippen molar-refractivity contribution in [3.05, 3.63) is 144 Å². The molecule has 4 nitrogen and oxygen atoms in total. The number of fused-ring (bicyclic) bond motifs is 2. The van der Waals surface area contributed by atoms with Crippen molar-refractivity contribution in [2.45, 2.75) is 168 Å². The van der Waals surface area contributed by atoms with Crippen LogP contribution in [-0.2, 0) is 12.8 Å². The van der Waals surface area contributed by atoms with E-state index in [-0.39, 0.29) is 11.5 Å². The molecule has 6 aromatic rings. The minimum absolute atomic E-state index is 0.214. The van der Waals surface area contributed by atoms with E-state index in [0.717, 1.165) is 76.5 Å². The van der Waals surface area contributed by atoms with Crippen LogP contribution in [0, 0.1) is 23.7 Å². The minimum Gasteiger partial charge on any atom is -0.419 e. The molecule has 0 aliphatic heterocycles. The molecule has 0 N–H and O–H groups in total. The van der Waals surface area contributed by atoms with Gasteiger partial charge in [-0.05, 0) is 118 Å². The molecule has 8 rings (SSSR count). The molecule has 0 heterocycles. The fourth-order valence-corrected chi connectivity index (χ4v) is 11.6. The molecule has 6 aromatic carbocycles. The third-order valence-corrected chi connectivity index (χ3v) is 15.8. The third-order valence-electron chi connectivity index (χ3n) is 15.8. The van der Waals surface area contributed by atoms with Gasteiger partial charge in [0.1, 0.15) is 0 Å². The Labute approximate surface area is 408 Å². The van der Waals surface area contributed by atoms with Crippen molar-refractivity contribution in [1.82, 2.24) is 0 Å². The van der Waals surface area contributed by atoms with Crippen LogP contribution < -0.4 is 9.47 Å². The van der Waals surface area contributed by atoms with E-state index in [0.29, 0.717) is 16.7 Å². The van der Waals surface area contributed by atoms with Crippen LogP contribution in [0.3, 0.4) is 0 Å². The number of hydrogen-bond acceptors (Lipinski definition) is 4. The van der Waals surface area contributed by atoms with Gasteiger partial charge in [0.25, 0.3) is 0 Å². The van der Waals surface area contributed by atoms with Crippen molar-refractivity contribution >= 4 is 33.5 Å². The lowest BCUT2D eigenvalue weighted by Crippen LogP contribution is -2.14. The molecule has 0 amide bonds. The van der Waals surface area contributed by atoms with Crippen LogP contribution in [0.2, 0.25) is 0 Å². The van der Waals surface area contributed by atoms with E-state index in [2.05, 4.69) is 62.4 Å². The maximum Gasteiger partial charge on any atom is 0.343 e. The second-order valence-electron chi connectivity index (χ2n) is 20.8. The van der Waals surface area contributed by atoms with Crippen molar-refractivity contribution < 1.29 is 19.1 Å². The standard InChI is InChI=1S/C64H78O4/c1-3-5-7-18-47-30-34-49(35-31-47)20-9-11-22-51-38-42-54(43-39-51)63(65)67-60-46-56-25-14-16-28-58(56)61(59-29-17-26-53-24-13-15-27-57(53)59)62(60)68-64(66)55-44-40-52(41-45-55)23-12-10-21-50-36-32-48(33-37-50)19-8-6-4-2/h13-17,24-29,38-50H,3-12,18-23,30-37H2,1-2H3. The lowest BCUT2D eigenvalue weighted by atomic mass is 9.78. The van der Waals surface area contributed by atoms with Crippen LogP contribution in [0.4, 0.5) is 0 Å². The smallest absolute Gasteiger partial charge is 0.343 e. The summed E-state index contributed by atoms with van der Waals surface area (Å²) in [6.07, 6.45) is 31.9. The first-order valence-electron chi connectivity index (χ1n) is 27.1. The van der Waals surface area contributed by atoms with Gasteiger partial charge in [-0.1, -0.05) is 233 Å². The first-order valence-corrected chi connectivity index (χ1v) is 27.1. The number of carbonyl (C=O) groups excluding carboxylic acids is 2. The van der Waals surface area contributed by atoms with Gasteiger partial charge in [-0.3, -0.25) is 0 Å².